The van der Waals surface area contributed by atoms with E-state index in [1.54, 1.807) is 11.3 Å². The molecular weight excluding hydrogens is 210 g/mol. The van der Waals surface area contributed by atoms with Crippen molar-refractivity contribution < 1.29 is 4.74 Å². The molecule has 1 atom stereocenters. The summed E-state index contributed by atoms with van der Waals surface area (Å²) in [5.41, 5.74) is 0. The van der Waals surface area contributed by atoms with Crippen molar-refractivity contribution in [2.75, 3.05) is 18.5 Å². The molecular formula is C10H15N3OS. The van der Waals surface area contributed by atoms with E-state index >= 15 is 0 Å². The van der Waals surface area contributed by atoms with Crippen molar-refractivity contribution in [1.82, 2.24) is 10.2 Å². The minimum atomic E-state index is 0.373. The summed E-state index contributed by atoms with van der Waals surface area (Å²) in [4.78, 5) is 0. The van der Waals surface area contributed by atoms with E-state index in [2.05, 4.69) is 15.5 Å². The smallest absolute Gasteiger partial charge is 0.205 e. The lowest BCUT2D eigenvalue weighted by atomic mass is 10.2. The Morgan fingerprint density at radius 2 is 2.27 bits per heavy atom. The predicted molar refractivity (Wildman–Crippen MR) is 59.3 cm³/mol. The SMILES string of the molecule is C1COC(CNc2nnc(C3CC3)s2)C1. The predicted octanol–water partition coefficient (Wildman–Crippen LogP) is 2.01. The van der Waals surface area contributed by atoms with Gasteiger partial charge in [-0.15, -0.1) is 10.2 Å². The van der Waals surface area contributed by atoms with Crippen LogP contribution in [0.2, 0.25) is 0 Å². The average molecular weight is 225 g/mol. The number of hydrogen-bond acceptors (Lipinski definition) is 5. The Labute approximate surface area is 93.1 Å². The molecule has 2 aliphatic rings. The third-order valence-electron chi connectivity index (χ3n) is 2.87. The molecule has 1 aromatic heterocycles. The summed E-state index contributed by atoms with van der Waals surface area (Å²) in [6.45, 7) is 1.79. The molecule has 2 heterocycles. The molecule has 0 radical (unpaired) electrons. The molecule has 0 aromatic carbocycles. The van der Waals surface area contributed by atoms with E-state index in [-0.39, 0.29) is 0 Å². The van der Waals surface area contributed by atoms with Crippen LogP contribution in [0, 0.1) is 0 Å². The van der Waals surface area contributed by atoms with Crippen LogP contribution < -0.4 is 5.32 Å². The highest BCUT2D eigenvalue weighted by Crippen LogP contribution is 2.42. The van der Waals surface area contributed by atoms with Crippen molar-refractivity contribution in [3.8, 4) is 0 Å². The standard InChI is InChI=1S/C10H15N3OS/c1-2-8(14-5-1)6-11-10-13-12-9(15-10)7-3-4-7/h7-8H,1-6H2,(H,11,13). The van der Waals surface area contributed by atoms with Gasteiger partial charge in [0, 0.05) is 19.1 Å². The summed E-state index contributed by atoms with van der Waals surface area (Å²) in [6.07, 6.45) is 5.32. The number of nitrogens with one attached hydrogen (secondary N) is 1. The van der Waals surface area contributed by atoms with Gasteiger partial charge < -0.3 is 10.1 Å². The second kappa shape index (κ2) is 4.06. The average Bonchev–Trinajstić information content (AvgIpc) is 2.82. The van der Waals surface area contributed by atoms with Crippen LogP contribution in [0.4, 0.5) is 5.13 Å². The van der Waals surface area contributed by atoms with E-state index in [4.69, 9.17) is 4.74 Å². The van der Waals surface area contributed by atoms with E-state index in [1.807, 2.05) is 0 Å². The van der Waals surface area contributed by atoms with Crippen LogP contribution in [0.5, 0.6) is 0 Å². The van der Waals surface area contributed by atoms with E-state index in [1.165, 1.54) is 30.7 Å². The van der Waals surface area contributed by atoms with Crippen molar-refractivity contribution in [3.63, 3.8) is 0 Å². The highest BCUT2D eigenvalue weighted by atomic mass is 32.1. The van der Waals surface area contributed by atoms with Crippen molar-refractivity contribution in [3.05, 3.63) is 5.01 Å². The lowest BCUT2D eigenvalue weighted by molar-refractivity contribution is 0.120. The van der Waals surface area contributed by atoms with Crippen molar-refractivity contribution >= 4 is 16.5 Å². The first kappa shape index (κ1) is 9.54. The topological polar surface area (TPSA) is 47.0 Å². The van der Waals surface area contributed by atoms with Crippen molar-refractivity contribution in [2.45, 2.75) is 37.7 Å². The fourth-order valence-electron chi connectivity index (χ4n) is 1.81. The van der Waals surface area contributed by atoms with Crippen LogP contribution >= 0.6 is 11.3 Å². The Kier molecular flexibility index (Phi) is 2.58. The van der Waals surface area contributed by atoms with E-state index in [9.17, 15) is 0 Å². The first-order chi connectivity index (χ1) is 7.42. The highest BCUT2D eigenvalue weighted by molar-refractivity contribution is 7.15. The molecule has 1 saturated carbocycles. The molecule has 2 fully saturated rings. The Hall–Kier alpha value is -0.680. The number of nitrogens with zero attached hydrogens (tertiary/aromatic N) is 2. The van der Waals surface area contributed by atoms with Gasteiger partial charge in [-0.25, -0.2) is 0 Å². The van der Waals surface area contributed by atoms with Gasteiger partial charge in [-0.05, 0) is 25.7 Å². The second-order valence-corrected chi connectivity index (χ2v) is 5.24. The highest BCUT2D eigenvalue weighted by Gasteiger charge is 2.27. The molecule has 1 unspecified atom stereocenters. The molecule has 1 aromatic rings. The van der Waals surface area contributed by atoms with Gasteiger partial charge in [0.25, 0.3) is 0 Å². The van der Waals surface area contributed by atoms with Gasteiger partial charge in [0.05, 0.1) is 6.10 Å². The van der Waals surface area contributed by atoms with Gasteiger partial charge in [-0.1, -0.05) is 11.3 Å². The molecule has 82 valence electrons. The van der Waals surface area contributed by atoms with E-state index in [0.29, 0.717) is 12.0 Å². The number of hydrogen-bond donors (Lipinski definition) is 1. The van der Waals surface area contributed by atoms with Gasteiger partial charge in [-0.3, -0.25) is 0 Å². The third-order valence-corrected chi connectivity index (χ3v) is 3.92. The molecule has 3 rings (SSSR count). The van der Waals surface area contributed by atoms with Crippen molar-refractivity contribution in [2.24, 2.45) is 0 Å². The van der Waals surface area contributed by atoms with Gasteiger partial charge in [0.15, 0.2) is 0 Å². The zero-order chi connectivity index (χ0) is 10.1. The summed E-state index contributed by atoms with van der Waals surface area (Å²) < 4.78 is 5.54. The Balaban J connectivity index is 1.52. The van der Waals surface area contributed by atoms with Crippen LogP contribution in [0.15, 0.2) is 0 Å². The zero-order valence-corrected chi connectivity index (χ0v) is 9.42. The molecule has 1 aliphatic carbocycles. The zero-order valence-electron chi connectivity index (χ0n) is 8.61. The molecule has 1 aliphatic heterocycles. The monoisotopic (exact) mass is 225 g/mol. The van der Waals surface area contributed by atoms with Crippen LogP contribution in [-0.2, 0) is 4.74 Å². The Morgan fingerprint density at radius 3 is 3.00 bits per heavy atom. The number of rotatable bonds is 4. The molecule has 0 bridgehead atoms. The molecule has 0 amide bonds. The minimum Gasteiger partial charge on any atom is -0.376 e. The number of aromatic nitrogens is 2. The number of anilines is 1. The Bertz CT molecular complexity index is 331. The molecule has 1 N–H and O–H groups in total. The van der Waals surface area contributed by atoms with E-state index < -0.39 is 0 Å². The minimum absolute atomic E-state index is 0.373. The fraction of sp³-hybridized carbons (Fsp3) is 0.800. The second-order valence-electron chi connectivity index (χ2n) is 4.24. The molecule has 4 nitrogen and oxygen atoms in total. The van der Waals surface area contributed by atoms with Crippen LogP contribution in [0.3, 0.4) is 0 Å². The summed E-state index contributed by atoms with van der Waals surface area (Å²) in [5, 5.41) is 13.8. The van der Waals surface area contributed by atoms with Crippen LogP contribution in [-0.4, -0.2) is 29.5 Å². The molecule has 5 heteroatoms. The summed E-state index contributed by atoms with van der Waals surface area (Å²) in [5.74, 6) is 0.709. The maximum atomic E-state index is 5.54. The van der Waals surface area contributed by atoms with Crippen molar-refractivity contribution in [1.29, 1.82) is 0 Å². The Morgan fingerprint density at radius 1 is 1.33 bits per heavy atom. The molecule has 15 heavy (non-hydrogen) atoms. The summed E-state index contributed by atoms with van der Waals surface area (Å²) in [7, 11) is 0. The fourth-order valence-corrected chi connectivity index (χ4v) is 2.73. The quantitative estimate of drug-likeness (QED) is 0.851. The first-order valence-electron chi connectivity index (χ1n) is 5.61. The van der Waals surface area contributed by atoms with Crippen LogP contribution in [0.25, 0.3) is 0 Å². The lowest BCUT2D eigenvalue weighted by Crippen LogP contribution is -2.18. The normalized spacial score (nSPS) is 25.7. The third kappa shape index (κ3) is 2.29. The maximum absolute atomic E-state index is 5.54. The van der Waals surface area contributed by atoms with Gasteiger partial charge in [-0.2, -0.15) is 0 Å². The number of ether oxygens (including phenoxy) is 1. The summed E-state index contributed by atoms with van der Waals surface area (Å²) in [6, 6.07) is 0. The molecule has 0 spiro atoms. The maximum Gasteiger partial charge on any atom is 0.205 e. The van der Waals surface area contributed by atoms with Gasteiger partial charge >= 0.3 is 0 Å². The van der Waals surface area contributed by atoms with Gasteiger partial charge in [0.1, 0.15) is 5.01 Å². The van der Waals surface area contributed by atoms with Crippen LogP contribution in [0.1, 0.15) is 36.6 Å². The molecule has 1 saturated heterocycles. The first-order valence-corrected chi connectivity index (χ1v) is 6.42. The lowest BCUT2D eigenvalue weighted by Gasteiger charge is -2.08. The largest absolute Gasteiger partial charge is 0.376 e. The van der Waals surface area contributed by atoms with E-state index in [0.717, 1.165) is 18.3 Å². The van der Waals surface area contributed by atoms with Gasteiger partial charge in [0.2, 0.25) is 5.13 Å². The summed E-state index contributed by atoms with van der Waals surface area (Å²) >= 11 is 1.70.